The molecule has 3 aromatic rings. The maximum atomic E-state index is 13.2. The van der Waals surface area contributed by atoms with E-state index in [2.05, 4.69) is 10.6 Å². The standard InChI is InChI=1S/C20H18FN3O3S/c1-13-16(4-2-5-17(13)24(26)27)23-19(25)12-22-20(18-6-3-11-28-18)14-7-9-15(21)10-8-14/h2-11,20,22H,12H2,1H3,(H,23,25)/t20-/m0/s1. The summed E-state index contributed by atoms with van der Waals surface area (Å²) in [7, 11) is 0. The summed E-state index contributed by atoms with van der Waals surface area (Å²) in [5, 5.41) is 18.9. The molecule has 0 aliphatic carbocycles. The highest BCUT2D eigenvalue weighted by atomic mass is 32.1. The topological polar surface area (TPSA) is 84.3 Å². The Kier molecular flexibility index (Phi) is 6.13. The molecule has 0 radical (unpaired) electrons. The number of carbonyl (C=O) groups is 1. The average molecular weight is 399 g/mol. The van der Waals surface area contributed by atoms with Crippen LogP contribution in [0.1, 0.15) is 22.0 Å². The molecule has 2 N–H and O–H groups in total. The number of amides is 1. The molecule has 0 aliphatic heterocycles. The second-order valence-corrected chi connectivity index (χ2v) is 7.12. The first-order valence-corrected chi connectivity index (χ1v) is 9.40. The summed E-state index contributed by atoms with van der Waals surface area (Å²) in [6.45, 7) is 1.58. The molecule has 0 saturated carbocycles. The van der Waals surface area contributed by atoms with Crippen LogP contribution in [-0.2, 0) is 4.79 Å². The number of halogens is 1. The zero-order chi connectivity index (χ0) is 20.1. The van der Waals surface area contributed by atoms with E-state index in [0.29, 0.717) is 11.3 Å². The number of nitro groups is 1. The lowest BCUT2D eigenvalue weighted by Gasteiger charge is -2.18. The van der Waals surface area contributed by atoms with E-state index in [1.807, 2.05) is 17.5 Å². The van der Waals surface area contributed by atoms with Crippen LogP contribution in [0.2, 0.25) is 0 Å². The summed E-state index contributed by atoms with van der Waals surface area (Å²) in [6, 6.07) is 14.2. The molecule has 0 unspecified atom stereocenters. The number of nitro benzene ring substituents is 1. The second kappa shape index (κ2) is 8.73. The first-order valence-electron chi connectivity index (χ1n) is 8.52. The third-order valence-electron chi connectivity index (χ3n) is 4.27. The van der Waals surface area contributed by atoms with Crippen molar-refractivity contribution in [2.45, 2.75) is 13.0 Å². The maximum Gasteiger partial charge on any atom is 0.274 e. The molecule has 28 heavy (non-hydrogen) atoms. The van der Waals surface area contributed by atoms with Crippen LogP contribution in [-0.4, -0.2) is 17.4 Å². The first kappa shape index (κ1) is 19.7. The fraction of sp³-hybridized carbons (Fsp3) is 0.150. The van der Waals surface area contributed by atoms with Crippen molar-refractivity contribution in [2.75, 3.05) is 11.9 Å². The van der Waals surface area contributed by atoms with E-state index in [4.69, 9.17) is 0 Å². The van der Waals surface area contributed by atoms with E-state index in [0.717, 1.165) is 10.4 Å². The van der Waals surface area contributed by atoms with Crippen molar-refractivity contribution >= 4 is 28.6 Å². The molecule has 1 amide bonds. The molecule has 1 atom stereocenters. The summed E-state index contributed by atoms with van der Waals surface area (Å²) < 4.78 is 13.2. The van der Waals surface area contributed by atoms with E-state index < -0.39 is 4.92 Å². The zero-order valence-corrected chi connectivity index (χ0v) is 15.8. The normalized spacial score (nSPS) is 11.8. The summed E-state index contributed by atoms with van der Waals surface area (Å²) in [5.74, 6) is -0.653. The minimum Gasteiger partial charge on any atom is -0.324 e. The highest BCUT2D eigenvalue weighted by Gasteiger charge is 2.18. The maximum absolute atomic E-state index is 13.2. The van der Waals surface area contributed by atoms with Crippen molar-refractivity contribution in [3.8, 4) is 0 Å². The van der Waals surface area contributed by atoms with Gasteiger partial charge >= 0.3 is 0 Å². The Hall–Kier alpha value is -3.10. The smallest absolute Gasteiger partial charge is 0.274 e. The van der Waals surface area contributed by atoms with Crippen molar-refractivity contribution < 1.29 is 14.1 Å². The lowest BCUT2D eigenvalue weighted by atomic mass is 10.1. The predicted octanol–water partition coefficient (Wildman–Crippen LogP) is 4.42. The van der Waals surface area contributed by atoms with Gasteiger partial charge in [0.15, 0.2) is 0 Å². The molecule has 0 bridgehead atoms. The SMILES string of the molecule is Cc1c(NC(=O)CN[C@@H](c2ccc(F)cc2)c2cccs2)cccc1[N+](=O)[O-]. The summed E-state index contributed by atoms with van der Waals surface area (Å²) in [4.78, 5) is 24.0. The predicted molar refractivity (Wildman–Crippen MR) is 107 cm³/mol. The number of hydrogen-bond donors (Lipinski definition) is 2. The summed E-state index contributed by atoms with van der Waals surface area (Å²) in [5.41, 5.74) is 1.58. The van der Waals surface area contributed by atoms with Gasteiger partial charge in [0.25, 0.3) is 5.69 Å². The highest BCUT2D eigenvalue weighted by Crippen LogP contribution is 2.27. The van der Waals surface area contributed by atoms with Gasteiger partial charge in [-0.3, -0.25) is 20.2 Å². The molecule has 0 saturated heterocycles. The summed E-state index contributed by atoms with van der Waals surface area (Å²) >= 11 is 1.53. The van der Waals surface area contributed by atoms with Gasteiger partial charge in [-0.25, -0.2) is 4.39 Å². The molecule has 1 heterocycles. The molecule has 8 heteroatoms. The van der Waals surface area contributed by atoms with Crippen molar-refractivity contribution in [1.82, 2.24) is 5.32 Å². The Morgan fingerprint density at radius 3 is 2.57 bits per heavy atom. The van der Waals surface area contributed by atoms with Crippen LogP contribution < -0.4 is 10.6 Å². The van der Waals surface area contributed by atoms with E-state index >= 15 is 0 Å². The number of rotatable bonds is 7. The highest BCUT2D eigenvalue weighted by molar-refractivity contribution is 7.10. The summed E-state index contributed by atoms with van der Waals surface area (Å²) in [6.07, 6.45) is 0. The number of nitrogens with zero attached hydrogens (tertiary/aromatic N) is 1. The average Bonchev–Trinajstić information content (AvgIpc) is 3.19. The lowest BCUT2D eigenvalue weighted by Crippen LogP contribution is -2.31. The molecule has 0 spiro atoms. The molecular weight excluding hydrogens is 381 g/mol. The number of nitrogens with one attached hydrogen (secondary N) is 2. The van der Waals surface area contributed by atoms with Crippen LogP contribution in [0.5, 0.6) is 0 Å². The third-order valence-corrected chi connectivity index (χ3v) is 5.21. The molecule has 0 fully saturated rings. The number of hydrogen-bond acceptors (Lipinski definition) is 5. The van der Waals surface area contributed by atoms with Crippen molar-refractivity contribution in [1.29, 1.82) is 0 Å². The Labute approximate surface area is 165 Å². The number of carbonyl (C=O) groups excluding carboxylic acids is 1. The molecule has 1 aromatic heterocycles. The van der Waals surface area contributed by atoms with Crippen LogP contribution in [0.15, 0.2) is 60.0 Å². The minimum atomic E-state index is -0.482. The van der Waals surface area contributed by atoms with Gasteiger partial charge in [-0.1, -0.05) is 24.3 Å². The van der Waals surface area contributed by atoms with E-state index in [1.54, 1.807) is 25.1 Å². The van der Waals surface area contributed by atoms with Crippen LogP contribution in [0.25, 0.3) is 0 Å². The zero-order valence-electron chi connectivity index (χ0n) is 15.0. The van der Waals surface area contributed by atoms with E-state index in [9.17, 15) is 19.3 Å². The van der Waals surface area contributed by atoms with E-state index in [-0.39, 0.29) is 30.0 Å². The van der Waals surface area contributed by atoms with Crippen molar-refractivity contribution in [2.24, 2.45) is 0 Å². The van der Waals surface area contributed by atoms with Crippen LogP contribution in [0, 0.1) is 22.9 Å². The molecule has 144 valence electrons. The molecule has 0 aliphatic rings. The van der Waals surface area contributed by atoms with Crippen LogP contribution >= 0.6 is 11.3 Å². The Morgan fingerprint density at radius 2 is 1.93 bits per heavy atom. The van der Waals surface area contributed by atoms with Gasteiger partial charge in [0.05, 0.1) is 28.8 Å². The van der Waals surface area contributed by atoms with Gasteiger partial charge in [-0.2, -0.15) is 0 Å². The first-order chi connectivity index (χ1) is 13.5. The largest absolute Gasteiger partial charge is 0.324 e. The van der Waals surface area contributed by atoms with E-state index in [1.165, 1.54) is 35.6 Å². The van der Waals surface area contributed by atoms with Crippen molar-refractivity contribution in [3.63, 3.8) is 0 Å². The Balaban J connectivity index is 1.72. The molecule has 6 nitrogen and oxygen atoms in total. The monoisotopic (exact) mass is 399 g/mol. The quantitative estimate of drug-likeness (QED) is 0.455. The van der Waals surface area contributed by atoms with Gasteiger partial charge in [0, 0.05) is 10.9 Å². The number of anilines is 1. The van der Waals surface area contributed by atoms with Gasteiger partial charge in [-0.15, -0.1) is 11.3 Å². The van der Waals surface area contributed by atoms with Gasteiger partial charge in [0.1, 0.15) is 5.82 Å². The van der Waals surface area contributed by atoms with Crippen molar-refractivity contribution in [3.05, 3.63) is 91.9 Å². The lowest BCUT2D eigenvalue weighted by molar-refractivity contribution is -0.385. The molecule has 2 aromatic carbocycles. The third kappa shape index (κ3) is 4.59. The fourth-order valence-electron chi connectivity index (χ4n) is 2.84. The second-order valence-electron chi connectivity index (χ2n) is 6.14. The Morgan fingerprint density at radius 1 is 1.18 bits per heavy atom. The molecule has 3 rings (SSSR count). The van der Waals surface area contributed by atoms with Crippen LogP contribution in [0.4, 0.5) is 15.8 Å². The Bertz CT molecular complexity index is 975. The molecular formula is C20H18FN3O3S. The number of thiophene rings is 1. The number of benzene rings is 2. The minimum absolute atomic E-state index is 0.0118. The van der Waals surface area contributed by atoms with Gasteiger partial charge < -0.3 is 5.32 Å². The fourth-order valence-corrected chi connectivity index (χ4v) is 3.67. The van der Waals surface area contributed by atoms with Crippen LogP contribution in [0.3, 0.4) is 0 Å². The van der Waals surface area contributed by atoms with Gasteiger partial charge in [-0.05, 0) is 42.1 Å². The van der Waals surface area contributed by atoms with Gasteiger partial charge in [0.2, 0.25) is 5.91 Å².